The van der Waals surface area contributed by atoms with Gasteiger partial charge >= 0.3 is 0 Å². The van der Waals surface area contributed by atoms with Crippen LogP contribution in [0.2, 0.25) is 0 Å². The maximum atomic E-state index is 13.1. The number of allylic oxidation sites excluding steroid dienone is 1. The molecule has 0 bridgehead atoms. The van der Waals surface area contributed by atoms with Gasteiger partial charge in [0, 0.05) is 39.2 Å². The molecule has 1 amide bonds. The maximum absolute atomic E-state index is 13.1. The zero-order valence-corrected chi connectivity index (χ0v) is 22.0. The van der Waals surface area contributed by atoms with E-state index in [9.17, 15) is 4.79 Å². The molecule has 0 spiro atoms. The Bertz CT molecular complexity index is 1710. The van der Waals surface area contributed by atoms with Crippen molar-refractivity contribution in [3.05, 3.63) is 94.9 Å². The third-order valence-electron chi connectivity index (χ3n) is 6.79. The fourth-order valence-electron chi connectivity index (χ4n) is 5.05. The van der Waals surface area contributed by atoms with Gasteiger partial charge in [0.15, 0.2) is 0 Å². The van der Waals surface area contributed by atoms with E-state index < -0.39 is 0 Å². The van der Waals surface area contributed by atoms with Gasteiger partial charge in [-0.25, -0.2) is 0 Å². The molecule has 5 nitrogen and oxygen atoms in total. The highest BCUT2D eigenvalue weighted by Crippen LogP contribution is 2.41. The van der Waals surface area contributed by atoms with E-state index in [2.05, 4.69) is 48.4 Å². The van der Waals surface area contributed by atoms with E-state index in [1.165, 1.54) is 11.1 Å². The minimum atomic E-state index is -0.213. The summed E-state index contributed by atoms with van der Waals surface area (Å²) in [6.07, 6.45) is 3.42. The number of hydrogen-bond donors (Lipinski definition) is 1. The van der Waals surface area contributed by atoms with Crippen LogP contribution in [-0.4, -0.2) is 18.0 Å². The summed E-state index contributed by atoms with van der Waals surface area (Å²) in [5, 5.41) is 4.94. The number of rotatable bonds is 5. The van der Waals surface area contributed by atoms with E-state index in [1.807, 2.05) is 51.1 Å². The van der Waals surface area contributed by atoms with Crippen LogP contribution in [-0.2, 0) is 4.79 Å². The molecule has 2 aromatic heterocycles. The van der Waals surface area contributed by atoms with E-state index in [4.69, 9.17) is 9.15 Å². The number of nitrogens with zero attached hydrogens (tertiary/aromatic N) is 1. The van der Waals surface area contributed by atoms with Gasteiger partial charge in [0.1, 0.15) is 11.3 Å². The third-order valence-corrected chi connectivity index (χ3v) is 6.79. The number of benzene rings is 3. The fourth-order valence-corrected chi connectivity index (χ4v) is 5.05. The van der Waals surface area contributed by atoms with Crippen molar-refractivity contribution in [1.82, 2.24) is 4.98 Å². The van der Waals surface area contributed by atoms with Crippen molar-refractivity contribution in [2.75, 3.05) is 12.4 Å². The number of amides is 1. The number of aryl methyl sites for hydroxylation is 4. The minimum Gasteiger partial charge on any atom is -0.496 e. The summed E-state index contributed by atoms with van der Waals surface area (Å²) in [7, 11) is 1.64. The number of fused-ring (bicyclic) bond motifs is 2. The molecule has 0 aliphatic rings. The second kappa shape index (κ2) is 9.58. The minimum absolute atomic E-state index is 0.213. The number of furan rings is 1. The number of hydrogen-bond acceptors (Lipinski definition) is 4. The van der Waals surface area contributed by atoms with E-state index in [0.717, 1.165) is 61.1 Å². The SMILES string of the molecule is COc1c(/C(C)=C/C(=O)Nc2cc(C)nc3ccccc23)cc2c(-c3ccc(C)cc3C)coc2c1C. The Morgan fingerprint density at radius 1 is 0.973 bits per heavy atom. The van der Waals surface area contributed by atoms with E-state index >= 15 is 0 Å². The number of carbonyl (C=O) groups is 1. The van der Waals surface area contributed by atoms with Crippen molar-refractivity contribution in [2.24, 2.45) is 0 Å². The topological polar surface area (TPSA) is 64.4 Å². The smallest absolute Gasteiger partial charge is 0.248 e. The second-order valence-corrected chi connectivity index (χ2v) is 9.57. The van der Waals surface area contributed by atoms with Gasteiger partial charge in [-0.05, 0) is 69.5 Å². The Kier molecular flexibility index (Phi) is 6.30. The molecule has 3 aromatic carbocycles. The summed E-state index contributed by atoms with van der Waals surface area (Å²) in [4.78, 5) is 17.7. The molecule has 0 radical (unpaired) electrons. The van der Waals surface area contributed by atoms with Gasteiger partial charge in [0.25, 0.3) is 0 Å². The summed E-state index contributed by atoms with van der Waals surface area (Å²) in [5.74, 6) is 0.482. The number of para-hydroxylation sites is 1. The lowest BCUT2D eigenvalue weighted by Crippen LogP contribution is -2.10. The van der Waals surface area contributed by atoms with Gasteiger partial charge in [-0.1, -0.05) is 42.0 Å². The summed E-state index contributed by atoms with van der Waals surface area (Å²) in [6, 6.07) is 18.2. The molecule has 0 aliphatic heterocycles. The van der Waals surface area contributed by atoms with E-state index in [0.29, 0.717) is 5.75 Å². The van der Waals surface area contributed by atoms with Crippen molar-refractivity contribution in [3.8, 4) is 16.9 Å². The molecular weight excluding hydrogens is 460 g/mol. The summed E-state index contributed by atoms with van der Waals surface area (Å²) in [6.45, 7) is 10.0. The van der Waals surface area contributed by atoms with Crippen molar-refractivity contribution >= 4 is 39.0 Å². The molecule has 0 saturated heterocycles. The maximum Gasteiger partial charge on any atom is 0.248 e. The number of nitrogens with one attached hydrogen (secondary N) is 1. The van der Waals surface area contributed by atoms with Crippen LogP contribution in [0.5, 0.6) is 5.75 Å². The first-order valence-corrected chi connectivity index (χ1v) is 12.3. The van der Waals surface area contributed by atoms with Crippen molar-refractivity contribution in [3.63, 3.8) is 0 Å². The van der Waals surface area contributed by atoms with Crippen LogP contribution in [0.4, 0.5) is 5.69 Å². The molecule has 0 atom stereocenters. The standard InChI is InChI=1S/C32H30N2O3/c1-18-11-12-23(19(2)13-18)27-17-37-32-22(5)31(36-6)25(16-26(27)32)20(3)14-30(35)34-29-15-21(4)33-28-10-8-7-9-24(28)29/h7-17H,1-6H3,(H,33,34,35)/b20-14+. The number of carbonyl (C=O) groups excluding carboxylic acids is 1. The molecule has 0 aliphatic carbocycles. The number of ether oxygens (including phenoxy) is 1. The Morgan fingerprint density at radius 2 is 1.76 bits per heavy atom. The number of aromatic nitrogens is 1. The van der Waals surface area contributed by atoms with Crippen LogP contribution in [0.25, 0.3) is 38.6 Å². The molecule has 5 heteroatoms. The van der Waals surface area contributed by atoms with Crippen LogP contribution >= 0.6 is 0 Å². The van der Waals surface area contributed by atoms with E-state index in [-0.39, 0.29) is 5.91 Å². The summed E-state index contributed by atoms with van der Waals surface area (Å²) >= 11 is 0. The lowest BCUT2D eigenvalue weighted by Gasteiger charge is -2.14. The van der Waals surface area contributed by atoms with Gasteiger partial charge in [-0.2, -0.15) is 0 Å². The molecule has 37 heavy (non-hydrogen) atoms. The quantitative estimate of drug-likeness (QED) is 0.254. The molecule has 5 aromatic rings. The third kappa shape index (κ3) is 4.49. The number of anilines is 1. The van der Waals surface area contributed by atoms with Crippen LogP contribution in [0.3, 0.4) is 0 Å². The normalized spacial score (nSPS) is 11.8. The molecule has 5 rings (SSSR count). The van der Waals surface area contributed by atoms with Crippen molar-refractivity contribution < 1.29 is 13.9 Å². The predicted molar refractivity (Wildman–Crippen MR) is 151 cm³/mol. The highest BCUT2D eigenvalue weighted by molar-refractivity contribution is 6.09. The average molecular weight is 491 g/mol. The predicted octanol–water partition coefficient (Wildman–Crippen LogP) is 7.93. The fraction of sp³-hybridized carbons (Fsp3) is 0.188. The highest BCUT2D eigenvalue weighted by atomic mass is 16.5. The molecule has 1 N–H and O–H groups in total. The number of pyridine rings is 1. The van der Waals surface area contributed by atoms with Gasteiger partial charge in [-0.3, -0.25) is 9.78 Å². The monoisotopic (exact) mass is 490 g/mol. The second-order valence-electron chi connectivity index (χ2n) is 9.57. The zero-order valence-electron chi connectivity index (χ0n) is 22.0. The first kappa shape index (κ1) is 24.3. The van der Waals surface area contributed by atoms with Gasteiger partial charge in [0.2, 0.25) is 5.91 Å². The Balaban J connectivity index is 1.57. The summed E-state index contributed by atoms with van der Waals surface area (Å²) < 4.78 is 11.8. The largest absolute Gasteiger partial charge is 0.496 e. The molecule has 186 valence electrons. The molecule has 0 fully saturated rings. The average Bonchev–Trinajstić information content (AvgIpc) is 3.28. The van der Waals surface area contributed by atoms with Gasteiger partial charge < -0.3 is 14.5 Å². The molecule has 0 unspecified atom stereocenters. The first-order valence-electron chi connectivity index (χ1n) is 12.3. The van der Waals surface area contributed by atoms with Crippen molar-refractivity contribution in [2.45, 2.75) is 34.6 Å². The Labute approximate surface area is 216 Å². The first-order chi connectivity index (χ1) is 17.8. The van der Waals surface area contributed by atoms with Crippen molar-refractivity contribution in [1.29, 1.82) is 0 Å². The van der Waals surface area contributed by atoms with Gasteiger partial charge in [0.05, 0.1) is 24.6 Å². The lowest BCUT2D eigenvalue weighted by atomic mass is 9.94. The molecule has 2 heterocycles. The van der Waals surface area contributed by atoms with Gasteiger partial charge in [-0.15, -0.1) is 0 Å². The zero-order chi connectivity index (χ0) is 26.3. The number of methoxy groups -OCH3 is 1. The molecular formula is C32H30N2O3. The Hall–Kier alpha value is -4.38. The Morgan fingerprint density at radius 3 is 2.51 bits per heavy atom. The van der Waals surface area contributed by atoms with Crippen LogP contribution in [0.1, 0.15) is 34.9 Å². The summed E-state index contributed by atoms with van der Waals surface area (Å²) in [5.41, 5.74) is 10.3. The van der Waals surface area contributed by atoms with E-state index in [1.54, 1.807) is 19.4 Å². The van der Waals surface area contributed by atoms with Crippen LogP contribution < -0.4 is 10.1 Å². The van der Waals surface area contributed by atoms with Crippen LogP contribution in [0, 0.1) is 27.7 Å². The molecule has 0 saturated carbocycles. The highest BCUT2D eigenvalue weighted by Gasteiger charge is 2.19. The lowest BCUT2D eigenvalue weighted by molar-refractivity contribution is -0.111. The van der Waals surface area contributed by atoms with Crippen LogP contribution in [0.15, 0.2) is 71.4 Å².